The van der Waals surface area contributed by atoms with E-state index in [2.05, 4.69) is 26.0 Å². The van der Waals surface area contributed by atoms with Crippen molar-refractivity contribution in [1.82, 2.24) is 14.8 Å². The molecule has 7 heteroatoms. The number of halogens is 1. The molecule has 0 saturated heterocycles. The standard InChI is InChI=1S/C12H15BrN4OS/c1-2-5-17-11(8(13)6-15-17)12(18)9-7-19-10(16-9)3-4-14/h6-7H,2-5,14H2,1H3. The van der Waals surface area contributed by atoms with Crippen LogP contribution in [0.15, 0.2) is 16.0 Å². The maximum atomic E-state index is 12.5. The molecule has 0 aliphatic rings. The highest BCUT2D eigenvalue weighted by Gasteiger charge is 2.20. The molecule has 102 valence electrons. The summed E-state index contributed by atoms with van der Waals surface area (Å²) in [6.07, 6.45) is 3.27. The largest absolute Gasteiger partial charge is 0.330 e. The number of rotatable bonds is 6. The lowest BCUT2D eigenvalue weighted by atomic mass is 10.2. The normalized spacial score (nSPS) is 10.9. The van der Waals surface area contributed by atoms with Crippen molar-refractivity contribution in [3.63, 3.8) is 0 Å². The van der Waals surface area contributed by atoms with Crippen molar-refractivity contribution < 1.29 is 4.79 Å². The van der Waals surface area contributed by atoms with Crippen LogP contribution in [0.3, 0.4) is 0 Å². The van der Waals surface area contributed by atoms with Crippen molar-refractivity contribution in [2.45, 2.75) is 26.3 Å². The fourth-order valence-corrected chi connectivity index (χ4v) is 3.01. The minimum Gasteiger partial charge on any atom is -0.330 e. The summed E-state index contributed by atoms with van der Waals surface area (Å²) in [7, 11) is 0. The lowest BCUT2D eigenvalue weighted by Gasteiger charge is -2.04. The molecular weight excluding hydrogens is 328 g/mol. The predicted octanol–water partition coefficient (Wildman–Crippen LogP) is 2.24. The van der Waals surface area contributed by atoms with Crippen LogP contribution in [0.25, 0.3) is 0 Å². The Balaban J connectivity index is 2.29. The number of hydrogen-bond acceptors (Lipinski definition) is 5. The van der Waals surface area contributed by atoms with Gasteiger partial charge < -0.3 is 5.73 Å². The third kappa shape index (κ3) is 3.10. The molecule has 5 nitrogen and oxygen atoms in total. The molecule has 19 heavy (non-hydrogen) atoms. The van der Waals surface area contributed by atoms with Crippen LogP contribution in [0.1, 0.15) is 34.5 Å². The first-order valence-electron chi connectivity index (χ1n) is 6.07. The van der Waals surface area contributed by atoms with Gasteiger partial charge >= 0.3 is 0 Å². The van der Waals surface area contributed by atoms with Gasteiger partial charge in [-0.3, -0.25) is 9.48 Å². The van der Waals surface area contributed by atoms with Crippen LogP contribution < -0.4 is 5.73 Å². The number of aryl methyl sites for hydroxylation is 1. The van der Waals surface area contributed by atoms with Gasteiger partial charge in [-0.05, 0) is 28.9 Å². The predicted molar refractivity (Wildman–Crippen MR) is 78.5 cm³/mol. The average molecular weight is 343 g/mol. The van der Waals surface area contributed by atoms with E-state index in [0.717, 1.165) is 11.4 Å². The van der Waals surface area contributed by atoms with E-state index in [4.69, 9.17) is 5.73 Å². The Morgan fingerprint density at radius 2 is 2.37 bits per heavy atom. The molecule has 0 radical (unpaired) electrons. The van der Waals surface area contributed by atoms with Crippen molar-refractivity contribution >= 4 is 33.0 Å². The Labute approximate surface area is 124 Å². The van der Waals surface area contributed by atoms with Crippen molar-refractivity contribution in [1.29, 1.82) is 0 Å². The Morgan fingerprint density at radius 1 is 1.58 bits per heavy atom. The molecular formula is C12H15BrN4OS. The number of nitrogens with two attached hydrogens (primary N) is 1. The Morgan fingerprint density at radius 3 is 3.05 bits per heavy atom. The van der Waals surface area contributed by atoms with Crippen LogP contribution in [0, 0.1) is 0 Å². The molecule has 0 aliphatic carbocycles. The zero-order valence-corrected chi connectivity index (χ0v) is 13.0. The number of thiazole rings is 1. The molecule has 0 unspecified atom stereocenters. The number of hydrogen-bond donors (Lipinski definition) is 1. The number of carbonyl (C=O) groups excluding carboxylic acids is 1. The fourth-order valence-electron chi connectivity index (χ4n) is 1.74. The summed E-state index contributed by atoms with van der Waals surface area (Å²) in [6.45, 7) is 3.30. The summed E-state index contributed by atoms with van der Waals surface area (Å²) >= 11 is 4.84. The lowest BCUT2D eigenvalue weighted by Crippen LogP contribution is -2.12. The molecule has 0 atom stereocenters. The first kappa shape index (κ1) is 14.4. The van der Waals surface area contributed by atoms with Crippen LogP contribution in [-0.4, -0.2) is 27.1 Å². The van der Waals surface area contributed by atoms with E-state index in [0.29, 0.717) is 35.4 Å². The zero-order valence-electron chi connectivity index (χ0n) is 10.6. The third-order valence-corrected chi connectivity index (χ3v) is 4.08. The molecule has 0 amide bonds. The second-order valence-electron chi connectivity index (χ2n) is 4.06. The van der Waals surface area contributed by atoms with Crippen molar-refractivity contribution in [2.75, 3.05) is 6.54 Å². The molecule has 0 bridgehead atoms. The summed E-state index contributed by atoms with van der Waals surface area (Å²) < 4.78 is 2.42. The zero-order chi connectivity index (χ0) is 13.8. The van der Waals surface area contributed by atoms with Gasteiger partial charge in [0.2, 0.25) is 5.78 Å². The molecule has 2 aromatic rings. The molecule has 0 aliphatic heterocycles. The third-order valence-electron chi connectivity index (χ3n) is 2.59. The first-order chi connectivity index (χ1) is 9.17. The molecule has 0 aromatic carbocycles. The Hall–Kier alpha value is -1.05. The molecule has 2 N–H and O–H groups in total. The second-order valence-corrected chi connectivity index (χ2v) is 5.86. The van der Waals surface area contributed by atoms with E-state index in [-0.39, 0.29) is 5.78 Å². The Bertz CT molecular complexity index is 578. The van der Waals surface area contributed by atoms with Crippen molar-refractivity contribution in [3.8, 4) is 0 Å². The van der Waals surface area contributed by atoms with Gasteiger partial charge in [0.1, 0.15) is 11.4 Å². The smallest absolute Gasteiger partial charge is 0.231 e. The monoisotopic (exact) mass is 342 g/mol. The number of ketones is 1. The molecule has 2 heterocycles. The van der Waals surface area contributed by atoms with E-state index in [1.807, 2.05) is 6.92 Å². The van der Waals surface area contributed by atoms with E-state index < -0.39 is 0 Å². The van der Waals surface area contributed by atoms with Crippen molar-refractivity contribution in [3.05, 3.63) is 32.4 Å². The number of nitrogens with zero attached hydrogens (tertiary/aromatic N) is 3. The van der Waals surface area contributed by atoms with Gasteiger partial charge in [-0.25, -0.2) is 4.98 Å². The maximum absolute atomic E-state index is 12.5. The van der Waals surface area contributed by atoms with Crippen LogP contribution in [-0.2, 0) is 13.0 Å². The van der Waals surface area contributed by atoms with Gasteiger partial charge in [-0.15, -0.1) is 11.3 Å². The van der Waals surface area contributed by atoms with Crippen LogP contribution in [0.2, 0.25) is 0 Å². The minimum absolute atomic E-state index is 0.0997. The van der Waals surface area contributed by atoms with Gasteiger partial charge in [0, 0.05) is 18.3 Å². The lowest BCUT2D eigenvalue weighted by molar-refractivity contribution is 0.102. The highest BCUT2D eigenvalue weighted by atomic mass is 79.9. The SMILES string of the molecule is CCCn1ncc(Br)c1C(=O)c1csc(CCN)n1. The van der Waals surface area contributed by atoms with Gasteiger partial charge in [0.25, 0.3) is 0 Å². The summed E-state index contributed by atoms with van der Waals surface area (Å²) in [6, 6.07) is 0. The summed E-state index contributed by atoms with van der Waals surface area (Å²) in [4.78, 5) is 16.8. The quantitative estimate of drug-likeness (QED) is 0.817. The molecule has 2 rings (SSSR count). The summed E-state index contributed by atoms with van der Waals surface area (Å²) in [5.74, 6) is -0.0997. The van der Waals surface area contributed by atoms with Gasteiger partial charge in [-0.2, -0.15) is 5.10 Å². The highest BCUT2D eigenvalue weighted by Crippen LogP contribution is 2.21. The molecule has 0 saturated carbocycles. The van der Waals surface area contributed by atoms with E-state index in [1.165, 1.54) is 11.3 Å². The van der Waals surface area contributed by atoms with Gasteiger partial charge in [-0.1, -0.05) is 6.92 Å². The summed E-state index contributed by atoms with van der Waals surface area (Å²) in [5, 5.41) is 6.87. The van der Waals surface area contributed by atoms with E-state index in [9.17, 15) is 4.79 Å². The van der Waals surface area contributed by atoms with Crippen molar-refractivity contribution in [2.24, 2.45) is 5.73 Å². The maximum Gasteiger partial charge on any atom is 0.231 e. The van der Waals surface area contributed by atoms with Crippen LogP contribution >= 0.6 is 27.3 Å². The van der Waals surface area contributed by atoms with Crippen LogP contribution in [0.4, 0.5) is 0 Å². The fraction of sp³-hybridized carbons (Fsp3) is 0.417. The van der Waals surface area contributed by atoms with Gasteiger partial charge in [0.15, 0.2) is 0 Å². The molecule has 2 aromatic heterocycles. The first-order valence-corrected chi connectivity index (χ1v) is 7.75. The minimum atomic E-state index is -0.0997. The van der Waals surface area contributed by atoms with Gasteiger partial charge in [0.05, 0.1) is 15.7 Å². The summed E-state index contributed by atoms with van der Waals surface area (Å²) in [5.41, 5.74) is 6.51. The van der Waals surface area contributed by atoms with E-state index in [1.54, 1.807) is 16.3 Å². The van der Waals surface area contributed by atoms with E-state index >= 15 is 0 Å². The Kier molecular flexibility index (Phi) is 4.84. The topological polar surface area (TPSA) is 73.8 Å². The molecule has 0 spiro atoms. The number of aromatic nitrogens is 3. The van der Waals surface area contributed by atoms with Crippen LogP contribution in [0.5, 0.6) is 0 Å². The average Bonchev–Trinajstić information content (AvgIpc) is 2.98. The molecule has 0 fully saturated rings. The number of carbonyl (C=O) groups is 1. The highest BCUT2D eigenvalue weighted by molar-refractivity contribution is 9.10. The second kappa shape index (κ2) is 6.40.